The normalized spacial score (nSPS) is 15.3. The largest absolute Gasteiger partial charge is 0.475 e. The van der Waals surface area contributed by atoms with Crippen molar-refractivity contribution in [2.45, 2.75) is 25.4 Å². The molecule has 1 fully saturated rings. The van der Waals surface area contributed by atoms with Crippen molar-refractivity contribution >= 4 is 24.1 Å². The van der Waals surface area contributed by atoms with Crippen LogP contribution in [0.4, 0.5) is 5.69 Å². The maximum Gasteiger partial charge on any atom is 0.343 e. The standard InChI is InChI=1S/C16H23N3O5.ClH/c1-17-13-5-7-18(8-6-13)10-12-3-4-15(14(9-12)19(21)22)24-11-16(20)23-2;/h3-4,9,13,17H,5-8,10-11H2,1-2H3;1H. The summed E-state index contributed by atoms with van der Waals surface area (Å²) in [6, 6.07) is 5.39. The van der Waals surface area contributed by atoms with E-state index in [2.05, 4.69) is 15.0 Å². The number of piperidine rings is 1. The number of likely N-dealkylation sites (tertiary alicyclic amines) is 1. The molecule has 0 saturated carbocycles. The van der Waals surface area contributed by atoms with Gasteiger partial charge in [0.1, 0.15) is 0 Å². The monoisotopic (exact) mass is 373 g/mol. The number of carbonyl (C=O) groups excluding carboxylic acids is 1. The Morgan fingerprint density at radius 1 is 1.40 bits per heavy atom. The van der Waals surface area contributed by atoms with E-state index in [-0.39, 0.29) is 30.5 Å². The molecule has 2 rings (SSSR count). The Kier molecular flexibility index (Phi) is 8.60. The zero-order valence-corrected chi connectivity index (χ0v) is 15.2. The fourth-order valence-corrected chi connectivity index (χ4v) is 2.76. The molecule has 1 aromatic carbocycles. The number of nitro groups is 1. The van der Waals surface area contributed by atoms with E-state index in [0.717, 1.165) is 31.5 Å². The van der Waals surface area contributed by atoms with Gasteiger partial charge in [-0.15, -0.1) is 12.4 Å². The van der Waals surface area contributed by atoms with E-state index in [1.807, 2.05) is 7.05 Å². The van der Waals surface area contributed by atoms with E-state index in [4.69, 9.17) is 4.74 Å². The van der Waals surface area contributed by atoms with Gasteiger partial charge in [-0.2, -0.15) is 0 Å². The van der Waals surface area contributed by atoms with Gasteiger partial charge >= 0.3 is 11.7 Å². The highest BCUT2D eigenvalue weighted by molar-refractivity contribution is 5.85. The number of nitrogens with one attached hydrogen (secondary N) is 1. The van der Waals surface area contributed by atoms with E-state index in [9.17, 15) is 14.9 Å². The average molecular weight is 374 g/mol. The van der Waals surface area contributed by atoms with Crippen LogP contribution in [0.25, 0.3) is 0 Å². The smallest absolute Gasteiger partial charge is 0.343 e. The van der Waals surface area contributed by atoms with Crippen LogP contribution >= 0.6 is 12.4 Å². The Bertz CT molecular complexity index is 591. The van der Waals surface area contributed by atoms with E-state index in [0.29, 0.717) is 12.6 Å². The number of ether oxygens (including phenoxy) is 2. The summed E-state index contributed by atoms with van der Waals surface area (Å²) < 4.78 is 9.66. The maximum absolute atomic E-state index is 11.2. The Balaban J connectivity index is 0.00000312. The number of nitro benzene ring substituents is 1. The van der Waals surface area contributed by atoms with Gasteiger partial charge in [0, 0.05) is 18.7 Å². The molecule has 9 heteroatoms. The Morgan fingerprint density at radius 2 is 2.08 bits per heavy atom. The zero-order valence-electron chi connectivity index (χ0n) is 14.4. The molecule has 1 aliphatic rings. The predicted octanol–water partition coefficient (Wildman–Crippen LogP) is 1.75. The summed E-state index contributed by atoms with van der Waals surface area (Å²) in [7, 11) is 3.21. The highest BCUT2D eigenvalue weighted by Crippen LogP contribution is 2.29. The molecule has 0 unspecified atom stereocenters. The molecule has 1 heterocycles. The van der Waals surface area contributed by atoms with Gasteiger partial charge in [-0.25, -0.2) is 4.79 Å². The van der Waals surface area contributed by atoms with Crippen LogP contribution in [0, 0.1) is 10.1 Å². The highest BCUT2D eigenvalue weighted by Gasteiger charge is 2.21. The molecule has 140 valence electrons. The molecule has 1 saturated heterocycles. The van der Waals surface area contributed by atoms with Crippen molar-refractivity contribution in [3.05, 3.63) is 33.9 Å². The summed E-state index contributed by atoms with van der Waals surface area (Å²) in [5, 5.41) is 14.5. The van der Waals surface area contributed by atoms with Gasteiger partial charge in [-0.3, -0.25) is 15.0 Å². The molecule has 0 aromatic heterocycles. The molecular weight excluding hydrogens is 350 g/mol. The van der Waals surface area contributed by atoms with E-state index in [1.165, 1.54) is 19.2 Å². The average Bonchev–Trinajstić information content (AvgIpc) is 2.60. The van der Waals surface area contributed by atoms with Crippen LogP contribution in [0.3, 0.4) is 0 Å². The maximum atomic E-state index is 11.2. The van der Waals surface area contributed by atoms with Crippen LogP contribution < -0.4 is 10.1 Å². The number of benzene rings is 1. The van der Waals surface area contributed by atoms with Gasteiger partial charge in [0.15, 0.2) is 12.4 Å². The Labute approximate surface area is 153 Å². The molecule has 0 atom stereocenters. The summed E-state index contributed by atoms with van der Waals surface area (Å²) in [5.41, 5.74) is 0.719. The number of nitrogens with zero attached hydrogens (tertiary/aromatic N) is 2. The zero-order chi connectivity index (χ0) is 17.5. The Morgan fingerprint density at radius 3 is 2.64 bits per heavy atom. The molecule has 0 bridgehead atoms. The van der Waals surface area contributed by atoms with Crippen molar-refractivity contribution in [3.8, 4) is 5.75 Å². The molecule has 25 heavy (non-hydrogen) atoms. The van der Waals surface area contributed by atoms with Crippen molar-refractivity contribution in [2.75, 3.05) is 33.9 Å². The number of esters is 1. The predicted molar refractivity (Wildman–Crippen MR) is 95.2 cm³/mol. The second-order valence-electron chi connectivity index (χ2n) is 5.76. The van der Waals surface area contributed by atoms with Crippen LogP contribution in [-0.4, -0.2) is 55.7 Å². The third-order valence-corrected chi connectivity index (χ3v) is 4.20. The highest BCUT2D eigenvalue weighted by atomic mass is 35.5. The van der Waals surface area contributed by atoms with Gasteiger partial charge in [0.25, 0.3) is 0 Å². The molecule has 0 aliphatic carbocycles. The second kappa shape index (κ2) is 10.2. The first-order chi connectivity index (χ1) is 11.5. The topological polar surface area (TPSA) is 93.9 Å². The lowest BCUT2D eigenvalue weighted by Gasteiger charge is -2.31. The van der Waals surface area contributed by atoms with Gasteiger partial charge in [0.05, 0.1) is 12.0 Å². The fourth-order valence-electron chi connectivity index (χ4n) is 2.76. The first kappa shape index (κ1) is 21.1. The van der Waals surface area contributed by atoms with E-state index in [1.54, 1.807) is 6.07 Å². The van der Waals surface area contributed by atoms with E-state index >= 15 is 0 Å². The molecule has 0 radical (unpaired) electrons. The molecule has 8 nitrogen and oxygen atoms in total. The lowest BCUT2D eigenvalue weighted by Crippen LogP contribution is -2.40. The first-order valence-electron chi connectivity index (χ1n) is 7.90. The lowest BCUT2D eigenvalue weighted by atomic mass is 10.0. The van der Waals surface area contributed by atoms with Crippen LogP contribution in [0.2, 0.25) is 0 Å². The quantitative estimate of drug-likeness (QED) is 0.442. The minimum Gasteiger partial charge on any atom is -0.475 e. The number of methoxy groups -OCH3 is 1. The first-order valence-corrected chi connectivity index (χ1v) is 7.90. The number of rotatable bonds is 7. The minimum absolute atomic E-state index is 0. The van der Waals surface area contributed by atoms with Crippen molar-refractivity contribution < 1.29 is 19.2 Å². The third kappa shape index (κ3) is 6.15. The number of hydrogen-bond donors (Lipinski definition) is 1. The molecule has 1 aromatic rings. The minimum atomic E-state index is -0.583. The van der Waals surface area contributed by atoms with E-state index < -0.39 is 10.9 Å². The molecule has 0 amide bonds. The summed E-state index contributed by atoms with van der Waals surface area (Å²) in [5.74, 6) is -0.510. The molecular formula is C16H24ClN3O5. The summed E-state index contributed by atoms with van der Waals surface area (Å²) >= 11 is 0. The van der Waals surface area contributed by atoms with Crippen molar-refractivity contribution in [1.29, 1.82) is 0 Å². The lowest BCUT2D eigenvalue weighted by molar-refractivity contribution is -0.385. The SMILES string of the molecule is CNC1CCN(Cc2ccc(OCC(=O)OC)c([N+](=O)[O-])c2)CC1.Cl. The van der Waals surface area contributed by atoms with Crippen LogP contribution in [-0.2, 0) is 16.1 Å². The fraction of sp³-hybridized carbons (Fsp3) is 0.562. The molecule has 0 spiro atoms. The number of hydrogen-bond acceptors (Lipinski definition) is 7. The van der Waals surface area contributed by atoms with Crippen molar-refractivity contribution in [1.82, 2.24) is 10.2 Å². The van der Waals surface area contributed by atoms with Gasteiger partial charge < -0.3 is 14.8 Å². The summed E-state index contributed by atoms with van der Waals surface area (Å²) in [6.45, 7) is 2.22. The number of carbonyl (C=O) groups is 1. The van der Waals surface area contributed by atoms with Crippen LogP contribution in [0.15, 0.2) is 18.2 Å². The van der Waals surface area contributed by atoms with Gasteiger partial charge in [0.2, 0.25) is 0 Å². The van der Waals surface area contributed by atoms with Crippen molar-refractivity contribution in [2.24, 2.45) is 0 Å². The number of halogens is 1. The van der Waals surface area contributed by atoms with Gasteiger partial charge in [-0.05, 0) is 44.6 Å². The van der Waals surface area contributed by atoms with Crippen LogP contribution in [0.5, 0.6) is 5.75 Å². The van der Waals surface area contributed by atoms with Crippen molar-refractivity contribution in [3.63, 3.8) is 0 Å². The van der Waals surface area contributed by atoms with Crippen LogP contribution in [0.1, 0.15) is 18.4 Å². The third-order valence-electron chi connectivity index (χ3n) is 4.20. The molecule has 1 aliphatic heterocycles. The molecule has 1 N–H and O–H groups in total. The van der Waals surface area contributed by atoms with Gasteiger partial charge in [-0.1, -0.05) is 6.07 Å². The second-order valence-corrected chi connectivity index (χ2v) is 5.76. The summed E-state index contributed by atoms with van der Waals surface area (Å²) in [4.78, 5) is 24.2. The Hall–Kier alpha value is -1.90. The summed E-state index contributed by atoms with van der Waals surface area (Å²) in [6.07, 6.45) is 2.14.